The van der Waals surface area contributed by atoms with E-state index in [1.54, 1.807) is 13.0 Å². The van der Waals surface area contributed by atoms with Gasteiger partial charge in [-0.05, 0) is 66.6 Å². The number of rotatable bonds is 9. The topological polar surface area (TPSA) is 35.5 Å². The molecule has 130 valence electrons. The van der Waals surface area contributed by atoms with Crippen LogP contribution in [0, 0.1) is 0 Å². The summed E-state index contributed by atoms with van der Waals surface area (Å²) in [5.74, 6) is 1.02. The van der Waals surface area contributed by atoms with Gasteiger partial charge in [0.2, 0.25) is 0 Å². The molecule has 0 heterocycles. The first kappa shape index (κ1) is 17.4. The Morgan fingerprint density at radius 2 is 1.80 bits per heavy atom. The summed E-state index contributed by atoms with van der Waals surface area (Å²) in [7, 11) is 0. The zero-order chi connectivity index (χ0) is 17.6. The molecule has 0 saturated heterocycles. The van der Waals surface area contributed by atoms with Gasteiger partial charge in [0.15, 0.2) is 5.78 Å². The summed E-state index contributed by atoms with van der Waals surface area (Å²) < 4.78 is 11.2. The Morgan fingerprint density at radius 3 is 2.56 bits per heavy atom. The maximum absolute atomic E-state index is 11.6. The van der Waals surface area contributed by atoms with Gasteiger partial charge >= 0.3 is 0 Å². The van der Waals surface area contributed by atoms with Crippen LogP contribution in [-0.4, -0.2) is 25.6 Å². The molecule has 0 radical (unpaired) electrons. The van der Waals surface area contributed by atoms with Crippen LogP contribution in [0.1, 0.15) is 41.3 Å². The summed E-state index contributed by atoms with van der Waals surface area (Å²) in [6.45, 7) is 7.28. The maximum atomic E-state index is 11.6. The van der Waals surface area contributed by atoms with Crippen LogP contribution in [0.4, 0.5) is 0 Å². The van der Waals surface area contributed by atoms with Gasteiger partial charge in [0.1, 0.15) is 5.75 Å². The average molecular weight is 336 g/mol. The van der Waals surface area contributed by atoms with Crippen LogP contribution >= 0.6 is 0 Å². The molecule has 1 aliphatic rings. The molecule has 3 heteroatoms. The van der Waals surface area contributed by atoms with Crippen LogP contribution in [0.2, 0.25) is 0 Å². The lowest BCUT2D eigenvalue weighted by atomic mass is 10.0. The minimum Gasteiger partial charge on any atom is -0.494 e. The monoisotopic (exact) mass is 336 g/mol. The van der Waals surface area contributed by atoms with Crippen molar-refractivity contribution in [2.24, 2.45) is 0 Å². The van der Waals surface area contributed by atoms with Crippen molar-refractivity contribution in [1.82, 2.24) is 0 Å². The highest BCUT2D eigenvalue weighted by Gasteiger charge is 2.19. The summed E-state index contributed by atoms with van der Waals surface area (Å²) in [6.07, 6.45) is 4.57. The SMILES string of the molecule is C=CCOCCCCOc1ccc2c(c1)Cc1cc(C(C)=O)ccc1-2. The average Bonchev–Trinajstić information content (AvgIpc) is 2.97. The second-order valence-corrected chi connectivity index (χ2v) is 6.34. The largest absolute Gasteiger partial charge is 0.494 e. The van der Waals surface area contributed by atoms with Crippen LogP contribution in [0.15, 0.2) is 49.1 Å². The van der Waals surface area contributed by atoms with Gasteiger partial charge in [0.05, 0.1) is 13.2 Å². The maximum Gasteiger partial charge on any atom is 0.159 e. The van der Waals surface area contributed by atoms with Crippen molar-refractivity contribution in [3.8, 4) is 16.9 Å². The van der Waals surface area contributed by atoms with Crippen molar-refractivity contribution in [3.63, 3.8) is 0 Å². The second-order valence-electron chi connectivity index (χ2n) is 6.34. The Labute approximate surface area is 149 Å². The van der Waals surface area contributed by atoms with Crippen LogP contribution in [0.3, 0.4) is 0 Å². The predicted molar refractivity (Wildman–Crippen MR) is 100 cm³/mol. The van der Waals surface area contributed by atoms with Crippen molar-refractivity contribution in [3.05, 3.63) is 65.7 Å². The van der Waals surface area contributed by atoms with Gasteiger partial charge < -0.3 is 9.47 Å². The molecular weight excluding hydrogens is 312 g/mol. The van der Waals surface area contributed by atoms with E-state index in [0.29, 0.717) is 13.2 Å². The first-order chi connectivity index (χ1) is 12.2. The highest BCUT2D eigenvalue weighted by atomic mass is 16.5. The third-order valence-corrected chi connectivity index (χ3v) is 4.45. The smallest absolute Gasteiger partial charge is 0.159 e. The number of unbranched alkanes of at least 4 members (excludes halogenated alkanes) is 1. The zero-order valence-electron chi connectivity index (χ0n) is 14.7. The first-order valence-corrected chi connectivity index (χ1v) is 8.77. The molecule has 0 fully saturated rings. The van der Waals surface area contributed by atoms with Crippen molar-refractivity contribution >= 4 is 5.78 Å². The first-order valence-electron chi connectivity index (χ1n) is 8.77. The van der Waals surface area contributed by atoms with E-state index in [0.717, 1.165) is 37.2 Å². The van der Waals surface area contributed by atoms with E-state index in [9.17, 15) is 4.79 Å². The quantitative estimate of drug-likeness (QED) is 0.319. The second kappa shape index (κ2) is 8.13. The minimum absolute atomic E-state index is 0.111. The lowest BCUT2D eigenvalue weighted by Crippen LogP contribution is -2.01. The third kappa shape index (κ3) is 4.18. The van der Waals surface area contributed by atoms with Gasteiger partial charge in [0.25, 0.3) is 0 Å². The molecule has 2 aromatic rings. The molecule has 0 aromatic heterocycles. The number of hydrogen-bond donors (Lipinski definition) is 0. The molecular formula is C22H24O3. The summed E-state index contributed by atoms with van der Waals surface area (Å²) in [5, 5.41) is 0. The van der Waals surface area contributed by atoms with Crippen molar-refractivity contribution in [1.29, 1.82) is 0 Å². The molecule has 3 rings (SSSR count). The van der Waals surface area contributed by atoms with Crippen LogP contribution in [-0.2, 0) is 11.2 Å². The third-order valence-electron chi connectivity index (χ3n) is 4.45. The molecule has 1 aliphatic carbocycles. The van der Waals surface area contributed by atoms with Gasteiger partial charge in [-0.15, -0.1) is 6.58 Å². The molecule has 25 heavy (non-hydrogen) atoms. The number of ketones is 1. The molecule has 0 aliphatic heterocycles. The number of hydrogen-bond acceptors (Lipinski definition) is 3. The number of Topliss-reactive ketones (excluding diaryl/α,β-unsaturated/α-hetero) is 1. The highest BCUT2D eigenvalue weighted by Crippen LogP contribution is 2.38. The fourth-order valence-corrected chi connectivity index (χ4v) is 3.16. The Morgan fingerprint density at radius 1 is 1.08 bits per heavy atom. The molecule has 0 saturated carbocycles. The number of carbonyl (C=O) groups excluding carboxylic acids is 1. The minimum atomic E-state index is 0.111. The van der Waals surface area contributed by atoms with E-state index in [2.05, 4.69) is 24.8 Å². The number of benzene rings is 2. The van der Waals surface area contributed by atoms with Crippen molar-refractivity contribution in [2.75, 3.05) is 19.8 Å². The molecule has 3 nitrogen and oxygen atoms in total. The van der Waals surface area contributed by atoms with Crippen LogP contribution in [0.5, 0.6) is 5.75 Å². The Balaban J connectivity index is 1.57. The van der Waals surface area contributed by atoms with E-state index >= 15 is 0 Å². The van der Waals surface area contributed by atoms with Crippen molar-refractivity contribution < 1.29 is 14.3 Å². The number of fused-ring (bicyclic) bond motifs is 3. The summed E-state index contributed by atoms with van der Waals surface area (Å²) in [6, 6.07) is 12.3. The molecule has 0 amide bonds. The van der Waals surface area contributed by atoms with Gasteiger partial charge in [-0.2, -0.15) is 0 Å². The lowest BCUT2D eigenvalue weighted by Gasteiger charge is -2.08. The standard InChI is InChI=1S/C22H24O3/c1-3-10-24-11-4-5-12-25-20-7-9-22-19(15-20)14-18-13-17(16(2)23)6-8-21(18)22/h3,6-9,13,15H,1,4-5,10-12,14H2,2H3. The van der Waals surface area contributed by atoms with Crippen LogP contribution in [0.25, 0.3) is 11.1 Å². The fraction of sp³-hybridized carbons (Fsp3) is 0.318. The van der Waals surface area contributed by atoms with Crippen LogP contribution < -0.4 is 4.74 Å². The van der Waals surface area contributed by atoms with Crippen molar-refractivity contribution in [2.45, 2.75) is 26.2 Å². The fourth-order valence-electron chi connectivity index (χ4n) is 3.16. The highest BCUT2D eigenvalue weighted by molar-refractivity contribution is 5.95. The van der Waals surface area contributed by atoms with Gasteiger partial charge in [0, 0.05) is 12.2 Å². The predicted octanol–water partition coefficient (Wildman–Crippen LogP) is 4.82. The summed E-state index contributed by atoms with van der Waals surface area (Å²) in [5.41, 5.74) is 5.74. The Hall–Kier alpha value is -2.39. The van der Waals surface area contributed by atoms with Gasteiger partial charge in [-0.25, -0.2) is 0 Å². The summed E-state index contributed by atoms with van der Waals surface area (Å²) in [4.78, 5) is 11.6. The zero-order valence-corrected chi connectivity index (χ0v) is 14.7. The molecule has 0 atom stereocenters. The number of ether oxygens (including phenoxy) is 2. The molecule has 0 spiro atoms. The molecule has 0 unspecified atom stereocenters. The molecule has 0 bridgehead atoms. The molecule has 2 aromatic carbocycles. The van der Waals surface area contributed by atoms with E-state index in [-0.39, 0.29) is 5.78 Å². The lowest BCUT2D eigenvalue weighted by molar-refractivity contribution is 0.101. The van der Waals surface area contributed by atoms with E-state index in [1.807, 2.05) is 18.2 Å². The van der Waals surface area contributed by atoms with Gasteiger partial charge in [-0.1, -0.05) is 24.3 Å². The summed E-state index contributed by atoms with van der Waals surface area (Å²) >= 11 is 0. The Kier molecular flexibility index (Phi) is 5.67. The Bertz CT molecular complexity index is 777. The van der Waals surface area contributed by atoms with E-state index < -0.39 is 0 Å². The van der Waals surface area contributed by atoms with E-state index in [4.69, 9.17) is 9.47 Å². The van der Waals surface area contributed by atoms with Gasteiger partial charge in [-0.3, -0.25) is 4.79 Å². The van der Waals surface area contributed by atoms with E-state index in [1.165, 1.54) is 22.3 Å². The number of carbonyl (C=O) groups is 1. The normalized spacial score (nSPS) is 11.7. The molecule has 0 N–H and O–H groups in total.